The smallest absolute Gasteiger partial charge is 0.422 e. The van der Waals surface area contributed by atoms with Crippen LogP contribution in [-0.2, 0) is 14.3 Å². The van der Waals surface area contributed by atoms with Crippen molar-refractivity contribution < 1.29 is 37.0 Å². The number of halogens is 4. The molecule has 1 aliphatic carbocycles. The van der Waals surface area contributed by atoms with Gasteiger partial charge in [0.25, 0.3) is 0 Å². The Labute approximate surface area is 106 Å². The molecule has 0 heterocycles. The van der Waals surface area contributed by atoms with Crippen LogP contribution < -0.4 is 0 Å². The minimum atomic E-state index is -4.74. The molecule has 1 N–H and O–H groups in total. The summed E-state index contributed by atoms with van der Waals surface area (Å²) in [6.45, 7) is 1.23. The molecule has 1 aliphatic rings. The maximum absolute atomic E-state index is 13.3. The number of carbonyl (C=O) groups is 2. The van der Waals surface area contributed by atoms with Crippen molar-refractivity contribution in [1.29, 1.82) is 0 Å². The number of carboxylic acids is 1. The lowest BCUT2D eigenvalue weighted by Gasteiger charge is -2.06. The molecule has 2 unspecified atom stereocenters. The first kappa shape index (κ1) is 15.5. The number of hydrogen-bond acceptors (Lipinski definition) is 3. The summed E-state index contributed by atoms with van der Waals surface area (Å²) in [6.07, 6.45) is -4.03. The van der Waals surface area contributed by atoms with E-state index in [-0.39, 0.29) is 0 Å². The third kappa shape index (κ3) is 3.68. The summed E-state index contributed by atoms with van der Waals surface area (Å²) < 4.78 is 52.2. The topological polar surface area (TPSA) is 63.6 Å². The highest BCUT2D eigenvalue weighted by Gasteiger charge is 2.61. The Hall–Kier alpha value is -1.60. The van der Waals surface area contributed by atoms with Crippen LogP contribution in [0.5, 0.6) is 0 Å². The number of hydrogen-bond donors (Lipinski definition) is 1. The molecule has 0 saturated heterocycles. The highest BCUT2D eigenvalue weighted by molar-refractivity contribution is 5.86. The van der Waals surface area contributed by atoms with E-state index in [0.717, 1.165) is 0 Å². The van der Waals surface area contributed by atoms with Crippen molar-refractivity contribution in [1.82, 2.24) is 0 Å². The second kappa shape index (κ2) is 4.82. The normalized spacial score (nSPS) is 25.9. The third-order valence-electron chi connectivity index (χ3n) is 3.06. The molecule has 0 aromatic carbocycles. The Balaban J connectivity index is 2.64. The second-order valence-corrected chi connectivity index (χ2v) is 4.87. The molecule has 0 radical (unpaired) electrons. The zero-order valence-corrected chi connectivity index (χ0v) is 10.1. The number of carbonyl (C=O) groups excluding carboxylic acids is 1. The lowest BCUT2D eigenvalue weighted by atomic mass is 10.1. The summed E-state index contributed by atoms with van der Waals surface area (Å²) in [5.74, 6) is -6.02. The van der Waals surface area contributed by atoms with Gasteiger partial charge in [-0.05, 0) is 17.4 Å². The minimum absolute atomic E-state index is 0.706. The van der Waals surface area contributed by atoms with Gasteiger partial charge in [-0.1, -0.05) is 13.8 Å². The van der Waals surface area contributed by atoms with Gasteiger partial charge in [-0.2, -0.15) is 17.6 Å². The number of allylic oxidation sites excluding steroid dienone is 1. The monoisotopic (exact) mass is 284 g/mol. The SMILES string of the molecule is CC1(C)C(C=C(F)C(=O)OCC(F)(F)F)C1C(=O)O. The number of esters is 1. The van der Waals surface area contributed by atoms with Gasteiger partial charge in [0.2, 0.25) is 5.83 Å². The molecule has 1 saturated carbocycles. The van der Waals surface area contributed by atoms with E-state index >= 15 is 0 Å². The number of rotatable bonds is 4. The van der Waals surface area contributed by atoms with Crippen molar-refractivity contribution in [2.24, 2.45) is 17.3 Å². The largest absolute Gasteiger partial charge is 0.481 e. The Bertz CT molecular complexity index is 425. The van der Waals surface area contributed by atoms with Crippen molar-refractivity contribution in [3.05, 3.63) is 11.9 Å². The van der Waals surface area contributed by atoms with Gasteiger partial charge < -0.3 is 9.84 Å². The summed E-state index contributed by atoms with van der Waals surface area (Å²) in [4.78, 5) is 21.7. The van der Waals surface area contributed by atoms with Crippen LogP contribution in [0, 0.1) is 17.3 Å². The van der Waals surface area contributed by atoms with Crippen molar-refractivity contribution in [2.45, 2.75) is 20.0 Å². The van der Waals surface area contributed by atoms with Crippen LogP contribution in [0.1, 0.15) is 13.8 Å². The van der Waals surface area contributed by atoms with Crippen LogP contribution in [0.25, 0.3) is 0 Å². The maximum atomic E-state index is 13.3. The summed E-state index contributed by atoms with van der Waals surface area (Å²) in [5, 5.41) is 8.80. The predicted octanol–water partition coefficient (Wildman–Crippen LogP) is 2.30. The van der Waals surface area contributed by atoms with Gasteiger partial charge in [-0.15, -0.1) is 0 Å². The average Bonchev–Trinajstić information content (AvgIpc) is 2.75. The van der Waals surface area contributed by atoms with Crippen LogP contribution in [0.2, 0.25) is 0 Å². The summed E-state index contributed by atoms with van der Waals surface area (Å²) in [5.41, 5.74) is -0.743. The van der Waals surface area contributed by atoms with E-state index in [1.807, 2.05) is 0 Å². The Morgan fingerprint density at radius 2 is 1.89 bits per heavy atom. The third-order valence-corrected chi connectivity index (χ3v) is 3.06. The fraction of sp³-hybridized carbons (Fsp3) is 0.636. The van der Waals surface area contributed by atoms with Crippen LogP contribution in [0.4, 0.5) is 17.6 Å². The standard InChI is InChI=1S/C11H12F4O4/c1-10(2)5(7(10)8(16)17)3-6(12)9(18)19-4-11(13,14)15/h3,5,7H,4H2,1-2H3,(H,16,17). The van der Waals surface area contributed by atoms with Crippen molar-refractivity contribution >= 4 is 11.9 Å². The number of aliphatic carboxylic acids is 1. The van der Waals surface area contributed by atoms with E-state index in [1.165, 1.54) is 0 Å². The molecule has 8 heteroatoms. The Morgan fingerprint density at radius 1 is 1.37 bits per heavy atom. The van der Waals surface area contributed by atoms with Crippen LogP contribution in [-0.4, -0.2) is 29.8 Å². The fourth-order valence-corrected chi connectivity index (χ4v) is 1.90. The zero-order chi connectivity index (χ0) is 15.0. The minimum Gasteiger partial charge on any atom is -0.481 e. The molecule has 0 bridgehead atoms. The van der Waals surface area contributed by atoms with E-state index in [4.69, 9.17) is 5.11 Å². The van der Waals surface area contributed by atoms with Crippen LogP contribution in [0.15, 0.2) is 11.9 Å². The summed E-state index contributed by atoms with van der Waals surface area (Å²) in [7, 11) is 0. The van der Waals surface area contributed by atoms with Crippen molar-refractivity contribution in [2.75, 3.05) is 6.61 Å². The molecule has 0 aromatic rings. The molecule has 0 aromatic heterocycles. The maximum Gasteiger partial charge on any atom is 0.422 e. The van der Waals surface area contributed by atoms with Gasteiger partial charge in [-0.25, -0.2) is 4.79 Å². The van der Waals surface area contributed by atoms with Crippen LogP contribution >= 0.6 is 0 Å². The summed E-state index contributed by atoms with van der Waals surface area (Å²) in [6, 6.07) is 0. The highest BCUT2D eigenvalue weighted by Crippen LogP contribution is 2.59. The van der Waals surface area contributed by atoms with Gasteiger partial charge in [0.15, 0.2) is 6.61 Å². The zero-order valence-electron chi connectivity index (χ0n) is 10.1. The molecule has 108 valence electrons. The molecular weight excluding hydrogens is 272 g/mol. The first-order valence-corrected chi connectivity index (χ1v) is 5.31. The summed E-state index contributed by atoms with van der Waals surface area (Å²) >= 11 is 0. The van der Waals surface area contributed by atoms with Crippen LogP contribution in [0.3, 0.4) is 0 Å². The average molecular weight is 284 g/mol. The molecule has 0 amide bonds. The lowest BCUT2D eigenvalue weighted by molar-refractivity contribution is -0.184. The quantitative estimate of drug-likeness (QED) is 0.489. The Kier molecular flexibility index (Phi) is 3.92. The van der Waals surface area contributed by atoms with Gasteiger partial charge in [0.1, 0.15) is 0 Å². The molecule has 1 fully saturated rings. The van der Waals surface area contributed by atoms with Crippen molar-refractivity contribution in [3.8, 4) is 0 Å². The van der Waals surface area contributed by atoms with Crippen molar-refractivity contribution in [3.63, 3.8) is 0 Å². The second-order valence-electron chi connectivity index (χ2n) is 4.87. The first-order chi connectivity index (χ1) is 8.47. The molecule has 0 spiro atoms. The molecule has 1 rings (SSSR count). The van der Waals surface area contributed by atoms with E-state index in [0.29, 0.717) is 6.08 Å². The number of ether oxygens (including phenoxy) is 1. The van der Waals surface area contributed by atoms with Gasteiger partial charge >= 0.3 is 18.1 Å². The van der Waals surface area contributed by atoms with Gasteiger partial charge in [-0.3, -0.25) is 4.79 Å². The van der Waals surface area contributed by atoms with E-state index < -0.39 is 47.8 Å². The van der Waals surface area contributed by atoms with Gasteiger partial charge in [0.05, 0.1) is 5.92 Å². The molecule has 0 aliphatic heterocycles. The highest BCUT2D eigenvalue weighted by atomic mass is 19.4. The fourth-order valence-electron chi connectivity index (χ4n) is 1.90. The van der Waals surface area contributed by atoms with E-state index in [2.05, 4.69) is 4.74 Å². The van der Waals surface area contributed by atoms with E-state index in [1.54, 1.807) is 13.8 Å². The lowest BCUT2D eigenvalue weighted by Crippen LogP contribution is -2.20. The molecule has 4 nitrogen and oxygen atoms in total. The molecular formula is C11H12F4O4. The molecule has 2 atom stereocenters. The molecule has 19 heavy (non-hydrogen) atoms. The number of carboxylic acid groups (broad SMARTS) is 1. The number of alkyl halides is 3. The van der Waals surface area contributed by atoms with E-state index in [9.17, 15) is 27.2 Å². The predicted molar refractivity (Wildman–Crippen MR) is 54.6 cm³/mol. The Morgan fingerprint density at radius 3 is 2.26 bits per heavy atom. The first-order valence-electron chi connectivity index (χ1n) is 5.31. The van der Waals surface area contributed by atoms with Gasteiger partial charge in [0, 0.05) is 0 Å².